The summed E-state index contributed by atoms with van der Waals surface area (Å²) < 4.78 is 25.7. The lowest BCUT2D eigenvalue weighted by Gasteiger charge is -2.31. The number of hydrogen-bond acceptors (Lipinski definition) is 7. The van der Waals surface area contributed by atoms with Gasteiger partial charge in [-0.05, 0) is 37.3 Å². The summed E-state index contributed by atoms with van der Waals surface area (Å²) in [5.74, 6) is 1.63. The normalized spacial score (nSPS) is 25.4. The smallest absolute Gasteiger partial charge is 0.233 e. The highest BCUT2D eigenvalue weighted by molar-refractivity contribution is 7.99. The minimum atomic E-state index is -3.03. The van der Waals surface area contributed by atoms with Crippen molar-refractivity contribution in [3.05, 3.63) is 24.5 Å². The number of nitrogens with zero attached hydrogens (tertiary/aromatic N) is 5. The third-order valence-corrected chi connectivity index (χ3v) is 9.13. The molecule has 2 aromatic heterocycles. The molecule has 3 atom stereocenters. The molecule has 31 heavy (non-hydrogen) atoms. The number of amides is 1. The summed E-state index contributed by atoms with van der Waals surface area (Å²) in [6.07, 6.45) is 8.67. The Balaban J connectivity index is 1.54. The Morgan fingerprint density at radius 1 is 1.26 bits per heavy atom. The van der Waals surface area contributed by atoms with Crippen LogP contribution in [-0.2, 0) is 14.6 Å². The molecule has 4 rings (SSSR count). The van der Waals surface area contributed by atoms with Gasteiger partial charge in [0.05, 0.1) is 17.3 Å². The Bertz CT molecular complexity index is 1020. The first kappa shape index (κ1) is 22.3. The quantitative estimate of drug-likeness (QED) is 0.608. The van der Waals surface area contributed by atoms with Crippen LogP contribution in [0.25, 0.3) is 11.4 Å². The van der Waals surface area contributed by atoms with Crippen molar-refractivity contribution in [2.75, 3.05) is 24.3 Å². The van der Waals surface area contributed by atoms with E-state index in [1.807, 2.05) is 12.1 Å². The van der Waals surface area contributed by atoms with E-state index in [-0.39, 0.29) is 35.2 Å². The fourth-order valence-corrected chi connectivity index (χ4v) is 7.25. The first-order valence-corrected chi connectivity index (χ1v) is 13.6. The zero-order valence-electron chi connectivity index (χ0n) is 18.0. The molecule has 2 aliphatic rings. The van der Waals surface area contributed by atoms with Gasteiger partial charge < -0.3 is 4.90 Å². The lowest BCUT2D eigenvalue weighted by Crippen LogP contribution is -2.38. The van der Waals surface area contributed by atoms with E-state index in [0.29, 0.717) is 12.3 Å². The van der Waals surface area contributed by atoms with E-state index in [1.54, 1.807) is 24.3 Å². The minimum Gasteiger partial charge on any atom is -0.341 e. The van der Waals surface area contributed by atoms with Crippen molar-refractivity contribution in [2.24, 2.45) is 5.92 Å². The largest absolute Gasteiger partial charge is 0.341 e. The van der Waals surface area contributed by atoms with E-state index in [2.05, 4.69) is 26.7 Å². The SMILES string of the molecule is C[C@H]1CCCC[C@H]1n1c(SCC(=O)N(C)[C@@H]2CCS(=O)(=O)C2)nnc1-c1cccnc1. The molecule has 0 radical (unpaired) electrons. The topological polar surface area (TPSA) is 98.1 Å². The van der Waals surface area contributed by atoms with Crippen molar-refractivity contribution >= 4 is 27.5 Å². The Morgan fingerprint density at radius 2 is 2.06 bits per heavy atom. The molecule has 2 aromatic rings. The highest BCUT2D eigenvalue weighted by Gasteiger charge is 2.33. The van der Waals surface area contributed by atoms with Gasteiger partial charge in [-0.25, -0.2) is 8.42 Å². The van der Waals surface area contributed by atoms with Gasteiger partial charge in [0, 0.05) is 37.1 Å². The van der Waals surface area contributed by atoms with Crippen molar-refractivity contribution in [1.29, 1.82) is 0 Å². The number of pyridine rings is 1. The highest BCUT2D eigenvalue weighted by atomic mass is 32.2. The molecule has 2 fully saturated rings. The monoisotopic (exact) mass is 463 g/mol. The van der Waals surface area contributed by atoms with E-state index in [4.69, 9.17) is 0 Å². The summed E-state index contributed by atoms with van der Waals surface area (Å²) in [5, 5.41) is 9.63. The van der Waals surface area contributed by atoms with E-state index in [1.165, 1.54) is 24.6 Å². The second kappa shape index (κ2) is 9.28. The molecule has 3 heterocycles. The lowest BCUT2D eigenvalue weighted by atomic mass is 9.85. The van der Waals surface area contributed by atoms with E-state index in [9.17, 15) is 13.2 Å². The molecule has 1 saturated carbocycles. The predicted octanol–water partition coefficient (Wildman–Crippen LogP) is 2.83. The van der Waals surface area contributed by atoms with Gasteiger partial charge in [0.15, 0.2) is 20.8 Å². The summed E-state index contributed by atoms with van der Waals surface area (Å²) in [7, 11) is -1.33. The zero-order valence-corrected chi connectivity index (χ0v) is 19.6. The third kappa shape index (κ3) is 4.95. The van der Waals surface area contributed by atoms with Gasteiger partial charge in [-0.15, -0.1) is 10.2 Å². The molecule has 0 unspecified atom stereocenters. The molecular weight excluding hydrogens is 434 g/mol. The number of sulfone groups is 1. The number of carbonyl (C=O) groups excluding carboxylic acids is 1. The molecule has 1 aliphatic heterocycles. The van der Waals surface area contributed by atoms with E-state index in [0.717, 1.165) is 29.4 Å². The van der Waals surface area contributed by atoms with Gasteiger partial charge in [-0.1, -0.05) is 31.5 Å². The van der Waals surface area contributed by atoms with Crippen LogP contribution in [0.4, 0.5) is 0 Å². The molecule has 0 spiro atoms. The predicted molar refractivity (Wildman–Crippen MR) is 120 cm³/mol. The lowest BCUT2D eigenvalue weighted by molar-refractivity contribution is -0.128. The molecule has 8 nitrogen and oxygen atoms in total. The maximum atomic E-state index is 12.8. The number of rotatable bonds is 6. The first-order chi connectivity index (χ1) is 14.9. The maximum Gasteiger partial charge on any atom is 0.233 e. The minimum absolute atomic E-state index is 0.0564. The maximum absolute atomic E-state index is 12.8. The van der Waals surface area contributed by atoms with Crippen LogP contribution in [-0.4, -0.2) is 69.3 Å². The van der Waals surface area contributed by atoms with Crippen molar-refractivity contribution in [3.8, 4) is 11.4 Å². The summed E-state index contributed by atoms with van der Waals surface area (Å²) in [6.45, 7) is 2.27. The fraction of sp³-hybridized carbons (Fsp3) is 0.619. The number of hydrogen-bond donors (Lipinski definition) is 0. The average molecular weight is 464 g/mol. The molecule has 0 N–H and O–H groups in total. The van der Waals surface area contributed by atoms with Crippen LogP contribution < -0.4 is 0 Å². The fourth-order valence-electron chi connectivity index (χ4n) is 4.56. The van der Waals surface area contributed by atoms with E-state index < -0.39 is 9.84 Å². The van der Waals surface area contributed by atoms with Gasteiger partial charge in [-0.3, -0.25) is 14.3 Å². The average Bonchev–Trinajstić information content (AvgIpc) is 3.35. The highest BCUT2D eigenvalue weighted by Crippen LogP contribution is 2.39. The zero-order chi connectivity index (χ0) is 22.0. The summed E-state index contributed by atoms with van der Waals surface area (Å²) in [6, 6.07) is 3.92. The van der Waals surface area contributed by atoms with Gasteiger partial charge in [0.1, 0.15) is 0 Å². The Kier molecular flexibility index (Phi) is 6.66. The number of carbonyl (C=O) groups is 1. The second-order valence-corrected chi connectivity index (χ2v) is 11.8. The van der Waals surface area contributed by atoms with Crippen LogP contribution in [0.3, 0.4) is 0 Å². The van der Waals surface area contributed by atoms with Gasteiger partial charge >= 0.3 is 0 Å². The molecule has 168 valence electrons. The number of thioether (sulfide) groups is 1. The van der Waals surface area contributed by atoms with Crippen LogP contribution in [0.2, 0.25) is 0 Å². The van der Waals surface area contributed by atoms with Gasteiger partial charge in [-0.2, -0.15) is 0 Å². The summed E-state index contributed by atoms with van der Waals surface area (Å²) >= 11 is 1.38. The molecule has 10 heteroatoms. The molecule has 1 amide bonds. The second-order valence-electron chi connectivity index (χ2n) is 8.60. The van der Waals surface area contributed by atoms with Crippen molar-refractivity contribution in [3.63, 3.8) is 0 Å². The Hall–Kier alpha value is -1.94. The van der Waals surface area contributed by atoms with Gasteiger partial charge in [0.25, 0.3) is 0 Å². The molecule has 0 aromatic carbocycles. The van der Waals surface area contributed by atoms with Crippen LogP contribution in [0.5, 0.6) is 0 Å². The van der Waals surface area contributed by atoms with Crippen LogP contribution >= 0.6 is 11.8 Å². The summed E-state index contributed by atoms with van der Waals surface area (Å²) in [4.78, 5) is 18.6. The molecule has 0 bridgehead atoms. The van der Waals surface area contributed by atoms with Crippen LogP contribution in [0, 0.1) is 5.92 Å². The Labute approximate surface area is 187 Å². The first-order valence-electron chi connectivity index (χ1n) is 10.8. The summed E-state index contributed by atoms with van der Waals surface area (Å²) in [5.41, 5.74) is 0.916. The number of aromatic nitrogens is 4. The van der Waals surface area contributed by atoms with Crippen molar-refractivity contribution < 1.29 is 13.2 Å². The molecule has 1 aliphatic carbocycles. The Morgan fingerprint density at radius 3 is 2.74 bits per heavy atom. The van der Waals surface area contributed by atoms with Crippen molar-refractivity contribution in [1.82, 2.24) is 24.6 Å². The molecule has 1 saturated heterocycles. The third-order valence-electron chi connectivity index (χ3n) is 6.46. The van der Waals surface area contributed by atoms with Crippen molar-refractivity contribution in [2.45, 2.75) is 56.3 Å². The standard InChI is InChI=1S/C21H29N5O3S2/c1-15-6-3-4-8-18(15)26-20(16-7-5-10-22-12-16)23-24-21(26)30-13-19(27)25(2)17-9-11-31(28,29)14-17/h5,7,10,12,15,17-18H,3-4,6,8-9,11,13-14H2,1-2H3/t15-,17+,18+/m0/s1. The van der Waals surface area contributed by atoms with Crippen LogP contribution in [0.15, 0.2) is 29.7 Å². The van der Waals surface area contributed by atoms with Crippen LogP contribution in [0.1, 0.15) is 45.1 Å². The van der Waals surface area contributed by atoms with E-state index >= 15 is 0 Å². The van der Waals surface area contributed by atoms with Gasteiger partial charge in [0.2, 0.25) is 5.91 Å². The molecular formula is C21H29N5O3S2.